The van der Waals surface area contributed by atoms with Crippen LogP contribution in [0.5, 0.6) is 0 Å². The van der Waals surface area contributed by atoms with Crippen molar-refractivity contribution >= 4 is 30.0 Å². The third kappa shape index (κ3) is 9.53. The van der Waals surface area contributed by atoms with Gasteiger partial charge in [-0.2, -0.15) is 4.79 Å². The Kier molecular flexibility index (Phi) is 10.2. The predicted molar refractivity (Wildman–Crippen MR) is 113 cm³/mol. The van der Waals surface area contributed by atoms with Crippen LogP contribution >= 0.6 is 0 Å². The van der Waals surface area contributed by atoms with Crippen molar-refractivity contribution in [2.45, 2.75) is 65.9 Å². The Balaban J connectivity index is 2.98. The van der Waals surface area contributed by atoms with Gasteiger partial charge in [-0.1, -0.05) is 30.3 Å². The van der Waals surface area contributed by atoms with Gasteiger partial charge in [0.25, 0.3) is 6.29 Å². The molecule has 1 aromatic rings. The van der Waals surface area contributed by atoms with Crippen LogP contribution < -0.4 is 5.32 Å². The number of ether oxygens (including phenoxy) is 3. The summed E-state index contributed by atoms with van der Waals surface area (Å²) in [5, 5.41) is 2.35. The number of hydrogen-bond acceptors (Lipinski definition) is 7. The lowest BCUT2D eigenvalue weighted by molar-refractivity contribution is -0.179. The zero-order valence-electron chi connectivity index (χ0n) is 18.9. The first-order chi connectivity index (χ1) is 14.9. The monoisotopic (exact) mass is 447 g/mol. The molecule has 0 saturated carbocycles. The van der Waals surface area contributed by atoms with Gasteiger partial charge in [0.05, 0.1) is 11.5 Å². The molecule has 0 aliphatic heterocycles. The molecule has 1 rings (SSSR count). The van der Waals surface area contributed by atoms with Crippen LogP contribution in [0.1, 0.15) is 59.3 Å². The molecule has 2 atom stereocenters. The second-order valence-corrected chi connectivity index (χ2v) is 8.24. The molecule has 10 heteroatoms. The molecule has 1 aromatic carbocycles. The number of carbonyl (C=O) groups is 4. The smallest absolute Gasteiger partial charge is 0.411 e. The van der Waals surface area contributed by atoms with Crippen molar-refractivity contribution in [1.82, 2.24) is 5.32 Å². The van der Waals surface area contributed by atoms with E-state index >= 15 is 0 Å². The maximum atomic E-state index is 12.5. The van der Waals surface area contributed by atoms with E-state index in [9.17, 15) is 19.2 Å². The van der Waals surface area contributed by atoms with E-state index in [1.54, 1.807) is 65.0 Å². The SMILES string of the molecule is CC(C)OC(=O)C(CCC(=O)C=[N+]=[N-])NC(=O)OC(OC(=O)C(C)(C)C)c1ccccc1. The number of rotatable bonds is 10. The summed E-state index contributed by atoms with van der Waals surface area (Å²) in [6.07, 6.45) is -2.47. The van der Waals surface area contributed by atoms with Crippen molar-refractivity contribution in [2.75, 3.05) is 0 Å². The molecule has 32 heavy (non-hydrogen) atoms. The van der Waals surface area contributed by atoms with E-state index in [1.807, 2.05) is 0 Å². The normalized spacial score (nSPS) is 12.7. The number of benzene rings is 1. The van der Waals surface area contributed by atoms with E-state index in [4.69, 9.17) is 19.7 Å². The number of carbonyl (C=O) groups excluding carboxylic acids is 4. The van der Waals surface area contributed by atoms with Gasteiger partial charge in [0.1, 0.15) is 6.04 Å². The zero-order valence-corrected chi connectivity index (χ0v) is 18.9. The van der Waals surface area contributed by atoms with Gasteiger partial charge in [0.2, 0.25) is 5.78 Å². The highest BCUT2D eigenvalue weighted by Gasteiger charge is 2.31. The summed E-state index contributed by atoms with van der Waals surface area (Å²) in [5.74, 6) is -1.91. The molecule has 0 spiro atoms. The number of amides is 1. The molecule has 1 amide bonds. The summed E-state index contributed by atoms with van der Waals surface area (Å²) in [6, 6.07) is 7.14. The number of ketones is 1. The molecule has 0 saturated heterocycles. The van der Waals surface area contributed by atoms with Crippen LogP contribution in [0.2, 0.25) is 0 Å². The van der Waals surface area contributed by atoms with E-state index in [-0.39, 0.29) is 12.8 Å². The number of Topliss-reactive ketones (excluding diaryl/α,β-unsaturated/α-hetero) is 1. The van der Waals surface area contributed by atoms with E-state index in [0.29, 0.717) is 11.8 Å². The molecule has 0 radical (unpaired) electrons. The maximum Gasteiger partial charge on any atom is 0.411 e. The molecule has 0 heterocycles. The first-order valence-electron chi connectivity index (χ1n) is 10.1. The van der Waals surface area contributed by atoms with Gasteiger partial charge < -0.3 is 25.1 Å². The Labute approximate surface area is 186 Å². The van der Waals surface area contributed by atoms with Crippen molar-refractivity contribution < 1.29 is 38.2 Å². The minimum Gasteiger partial charge on any atom is -0.461 e. The molecule has 10 nitrogen and oxygen atoms in total. The standard InChI is InChI=1S/C22H29N3O7/c1-14(2)30-18(27)17(12-11-16(26)13-24-23)25-21(29)32-19(15-9-7-6-8-10-15)31-20(28)22(3,4)5/h6-10,13-14,17,19H,11-12H2,1-5H3,(H,25,29). The Morgan fingerprint density at radius 2 is 1.69 bits per heavy atom. The number of nitrogens with zero attached hydrogens (tertiary/aromatic N) is 2. The van der Waals surface area contributed by atoms with Crippen LogP contribution in [0, 0.1) is 5.41 Å². The van der Waals surface area contributed by atoms with E-state index in [0.717, 1.165) is 0 Å². The second-order valence-electron chi connectivity index (χ2n) is 8.24. The maximum absolute atomic E-state index is 12.5. The third-order valence-electron chi connectivity index (χ3n) is 3.92. The minimum atomic E-state index is -1.35. The topological polar surface area (TPSA) is 144 Å². The van der Waals surface area contributed by atoms with Gasteiger partial charge in [-0.3, -0.25) is 9.59 Å². The molecule has 0 aliphatic rings. The Morgan fingerprint density at radius 1 is 1.06 bits per heavy atom. The Morgan fingerprint density at radius 3 is 2.22 bits per heavy atom. The summed E-state index contributed by atoms with van der Waals surface area (Å²) in [4.78, 5) is 51.5. The predicted octanol–water partition coefficient (Wildman–Crippen LogP) is 2.97. The highest BCUT2D eigenvalue weighted by molar-refractivity contribution is 6.25. The van der Waals surface area contributed by atoms with Gasteiger partial charge in [-0.25, -0.2) is 9.59 Å². The summed E-state index contributed by atoms with van der Waals surface area (Å²) in [7, 11) is 0. The van der Waals surface area contributed by atoms with Gasteiger partial charge >= 0.3 is 24.2 Å². The molecular weight excluding hydrogens is 418 g/mol. The largest absolute Gasteiger partial charge is 0.461 e. The van der Waals surface area contributed by atoms with Crippen LogP contribution in [0.25, 0.3) is 5.53 Å². The molecule has 0 fully saturated rings. The summed E-state index contributed by atoms with van der Waals surface area (Å²) in [6.45, 7) is 8.23. The molecular formula is C22H29N3O7. The lowest BCUT2D eigenvalue weighted by Crippen LogP contribution is -2.44. The quantitative estimate of drug-likeness (QED) is 0.191. The lowest BCUT2D eigenvalue weighted by atomic mass is 9.97. The fraction of sp³-hybridized carbons (Fsp3) is 0.500. The van der Waals surface area contributed by atoms with Crippen LogP contribution in [0.4, 0.5) is 4.79 Å². The number of nitrogens with one attached hydrogen (secondary N) is 1. The second kappa shape index (κ2) is 12.4. The highest BCUT2D eigenvalue weighted by Crippen LogP contribution is 2.25. The summed E-state index contributed by atoms with van der Waals surface area (Å²) >= 11 is 0. The van der Waals surface area contributed by atoms with Gasteiger partial charge in [0, 0.05) is 12.0 Å². The summed E-state index contributed by atoms with van der Waals surface area (Å²) in [5.41, 5.74) is 8.01. The van der Waals surface area contributed by atoms with Crippen LogP contribution in [0.15, 0.2) is 30.3 Å². The highest BCUT2D eigenvalue weighted by atomic mass is 16.7. The molecule has 0 bridgehead atoms. The Bertz CT molecular complexity index is 856. The van der Waals surface area contributed by atoms with Crippen molar-refractivity contribution in [1.29, 1.82) is 0 Å². The zero-order chi connectivity index (χ0) is 24.3. The number of esters is 2. The van der Waals surface area contributed by atoms with E-state index < -0.39 is 47.7 Å². The van der Waals surface area contributed by atoms with Crippen LogP contribution in [-0.4, -0.2) is 47.0 Å². The average Bonchev–Trinajstić information content (AvgIpc) is 2.70. The minimum absolute atomic E-state index is 0.122. The van der Waals surface area contributed by atoms with Crippen LogP contribution in [-0.2, 0) is 28.6 Å². The molecule has 174 valence electrons. The van der Waals surface area contributed by atoms with Crippen LogP contribution in [0.3, 0.4) is 0 Å². The first kappa shape index (κ1) is 26.5. The Hall–Kier alpha value is -3.52. The molecule has 1 N–H and O–H groups in total. The van der Waals surface area contributed by atoms with Gasteiger partial charge in [-0.05, 0) is 41.0 Å². The number of hydrogen-bond donors (Lipinski definition) is 1. The molecule has 2 unspecified atom stereocenters. The molecule has 0 aliphatic carbocycles. The van der Waals surface area contributed by atoms with E-state index in [2.05, 4.69) is 10.1 Å². The van der Waals surface area contributed by atoms with Crippen molar-refractivity contribution in [3.63, 3.8) is 0 Å². The van der Waals surface area contributed by atoms with Crippen molar-refractivity contribution in [3.05, 3.63) is 41.4 Å². The van der Waals surface area contributed by atoms with Gasteiger partial charge in [-0.15, -0.1) is 0 Å². The number of alkyl carbamates (subject to hydrolysis) is 1. The molecule has 0 aromatic heterocycles. The van der Waals surface area contributed by atoms with E-state index in [1.165, 1.54) is 0 Å². The van der Waals surface area contributed by atoms with Crippen molar-refractivity contribution in [2.24, 2.45) is 5.41 Å². The summed E-state index contributed by atoms with van der Waals surface area (Å²) < 4.78 is 15.8. The average molecular weight is 447 g/mol. The third-order valence-corrected chi connectivity index (χ3v) is 3.92. The van der Waals surface area contributed by atoms with Gasteiger partial charge in [0.15, 0.2) is 0 Å². The fourth-order valence-corrected chi connectivity index (χ4v) is 2.30. The first-order valence-corrected chi connectivity index (χ1v) is 10.1. The fourth-order valence-electron chi connectivity index (χ4n) is 2.30. The lowest BCUT2D eigenvalue weighted by Gasteiger charge is -2.24. The van der Waals surface area contributed by atoms with Crippen molar-refractivity contribution in [3.8, 4) is 0 Å².